The van der Waals surface area contributed by atoms with Crippen LogP contribution in [0.15, 0.2) is 125 Å². The molecule has 0 aliphatic carbocycles. The zero-order chi connectivity index (χ0) is 40.5. The van der Waals surface area contributed by atoms with E-state index in [2.05, 4.69) is 53.3 Å². The molecule has 8 rings (SSSR count). The minimum Gasteiger partial charge on any atom is -0.423 e. The molecule has 6 N–H and O–H groups in total. The third-order valence-electron chi connectivity index (χ3n) is 8.18. The molecule has 0 amide bonds. The van der Waals surface area contributed by atoms with Crippen LogP contribution in [0.2, 0.25) is 5.28 Å². The van der Waals surface area contributed by atoms with E-state index >= 15 is 0 Å². The number of hydrogen-bond donors (Lipinski definition) is 6. The Hall–Kier alpha value is -6.66. The van der Waals surface area contributed by atoms with Crippen molar-refractivity contribution in [1.29, 1.82) is 10.5 Å². The molecule has 0 unspecified atom stereocenters. The summed E-state index contributed by atoms with van der Waals surface area (Å²) in [6, 6.07) is 34.5. The van der Waals surface area contributed by atoms with Crippen LogP contribution in [0.5, 0.6) is 0 Å². The number of anilines is 4. The van der Waals surface area contributed by atoms with Gasteiger partial charge < -0.3 is 31.3 Å². The number of rotatable bonds is 12. The van der Waals surface area contributed by atoms with Crippen LogP contribution in [-0.4, -0.2) is 68.3 Å². The van der Waals surface area contributed by atoms with Crippen molar-refractivity contribution in [2.45, 2.75) is 0 Å². The maximum atomic E-state index is 8.81. The summed E-state index contributed by atoms with van der Waals surface area (Å²) in [6.07, 6.45) is 1.56. The number of benzene rings is 3. The van der Waals surface area contributed by atoms with Gasteiger partial charge in [-0.15, -0.1) is 0 Å². The Labute approximate surface area is 347 Å². The monoisotopic (exact) mass is 823 g/mol. The van der Waals surface area contributed by atoms with Crippen LogP contribution in [0.25, 0.3) is 33.2 Å². The molecule has 13 nitrogen and oxygen atoms in total. The Morgan fingerprint density at radius 3 is 1.81 bits per heavy atom. The normalized spacial score (nSPS) is 10.2. The Kier molecular flexibility index (Phi) is 14.9. The third kappa shape index (κ3) is 11.7. The molecule has 0 atom stereocenters. The van der Waals surface area contributed by atoms with E-state index in [0.29, 0.717) is 42.8 Å². The number of para-hydroxylation sites is 2. The highest BCUT2D eigenvalue weighted by molar-refractivity contribution is 7.09. The van der Waals surface area contributed by atoms with Crippen LogP contribution in [0.4, 0.5) is 23.1 Å². The van der Waals surface area contributed by atoms with Crippen LogP contribution in [-0.2, 0) is 0 Å². The zero-order valence-corrected chi connectivity index (χ0v) is 33.1. The summed E-state index contributed by atoms with van der Waals surface area (Å²) in [5.41, 5.74) is 5.48. The van der Waals surface area contributed by atoms with Gasteiger partial charge in [0.05, 0.1) is 28.2 Å². The van der Waals surface area contributed by atoms with E-state index in [1.807, 2.05) is 77.5 Å². The number of fused-ring (bicyclic) bond motifs is 2. The molecule has 288 valence electrons. The number of thiophene rings is 2. The van der Waals surface area contributed by atoms with Crippen molar-refractivity contribution in [1.82, 2.24) is 24.9 Å². The van der Waals surface area contributed by atoms with Gasteiger partial charge in [0.1, 0.15) is 23.5 Å². The topological polar surface area (TPSA) is 201 Å². The number of nitrogens with zero attached hydrogens (tertiary/aromatic N) is 7. The standard InChI is InChI=1S/C20H16N6S.C17H14ClN5.C4H5BO2S/c21-11-14-5-6-18(24-12-14)22-8-9-23-20-16-3-1-2-4-17(16)25-19(26-20)15-7-10-27-13-15;18-17-22-15-4-2-1-3-14(15)16(23-17)21-10-9-20-13-7-5-12(11-19)6-8-13;6-5(7)4-1-2-8-3-4/h1-7,10,12-13H,8-9H2,(H,22,24)(H,23,25,26);1-8,20H,9-10H2,(H,21,22,23);1-3,6-7H. The second-order valence-electron chi connectivity index (χ2n) is 12.2. The van der Waals surface area contributed by atoms with E-state index in [1.165, 1.54) is 11.3 Å². The summed E-state index contributed by atoms with van der Waals surface area (Å²) < 4.78 is 0. The maximum Gasteiger partial charge on any atom is 0.489 e. The summed E-state index contributed by atoms with van der Waals surface area (Å²) in [5, 5.41) is 57.4. The predicted molar refractivity (Wildman–Crippen MR) is 236 cm³/mol. The van der Waals surface area contributed by atoms with E-state index in [4.69, 9.17) is 37.2 Å². The average Bonchev–Trinajstić information content (AvgIpc) is 4.01. The van der Waals surface area contributed by atoms with Crippen molar-refractivity contribution in [3.63, 3.8) is 0 Å². The molecule has 58 heavy (non-hydrogen) atoms. The summed E-state index contributed by atoms with van der Waals surface area (Å²) in [6.45, 7) is 2.73. The fourth-order valence-corrected chi connectivity index (χ4v) is 6.81. The molecule has 5 heterocycles. The van der Waals surface area contributed by atoms with E-state index < -0.39 is 7.12 Å². The molecular weight excluding hydrogens is 789 g/mol. The van der Waals surface area contributed by atoms with Crippen LogP contribution < -0.4 is 26.7 Å². The summed E-state index contributed by atoms with van der Waals surface area (Å²) >= 11 is 9.03. The van der Waals surface area contributed by atoms with Crippen LogP contribution >= 0.6 is 34.3 Å². The Morgan fingerprint density at radius 1 is 0.621 bits per heavy atom. The molecular formula is C41H35BClN11O2S2. The lowest BCUT2D eigenvalue weighted by Gasteiger charge is -2.11. The quantitative estimate of drug-likeness (QED) is 0.0409. The average molecular weight is 824 g/mol. The highest BCUT2D eigenvalue weighted by Crippen LogP contribution is 2.26. The van der Waals surface area contributed by atoms with Crippen LogP contribution in [0.1, 0.15) is 11.1 Å². The number of pyridine rings is 1. The molecule has 0 bridgehead atoms. The molecule has 0 aliphatic rings. The van der Waals surface area contributed by atoms with E-state index in [1.54, 1.807) is 58.6 Å². The molecule has 8 aromatic rings. The molecule has 17 heteroatoms. The third-order valence-corrected chi connectivity index (χ3v) is 9.73. The lowest BCUT2D eigenvalue weighted by atomic mass is 9.83. The number of nitrogens with one attached hydrogen (secondary N) is 4. The van der Waals surface area contributed by atoms with Gasteiger partial charge in [0.25, 0.3) is 0 Å². The number of aromatic nitrogens is 5. The smallest absolute Gasteiger partial charge is 0.423 e. The van der Waals surface area contributed by atoms with Gasteiger partial charge in [-0.05, 0) is 99.9 Å². The molecule has 0 radical (unpaired) electrons. The van der Waals surface area contributed by atoms with E-state index in [-0.39, 0.29) is 5.28 Å². The summed E-state index contributed by atoms with van der Waals surface area (Å²) in [5.74, 6) is 3.00. The molecule has 0 spiro atoms. The fourth-order valence-electron chi connectivity index (χ4n) is 5.32. The van der Waals surface area contributed by atoms with Gasteiger partial charge in [0.15, 0.2) is 5.82 Å². The first-order chi connectivity index (χ1) is 28.4. The van der Waals surface area contributed by atoms with Crippen molar-refractivity contribution in [3.8, 4) is 23.5 Å². The minimum atomic E-state index is -1.30. The second kappa shape index (κ2) is 21.0. The lowest BCUT2D eigenvalue weighted by Crippen LogP contribution is -2.27. The molecule has 0 fully saturated rings. The van der Waals surface area contributed by atoms with Gasteiger partial charge in [-0.1, -0.05) is 30.3 Å². The maximum absolute atomic E-state index is 8.81. The summed E-state index contributed by atoms with van der Waals surface area (Å²) in [7, 11) is -1.30. The van der Waals surface area contributed by atoms with Crippen molar-refractivity contribution in [3.05, 3.63) is 141 Å². The molecule has 5 aromatic heterocycles. The van der Waals surface area contributed by atoms with Crippen molar-refractivity contribution >= 4 is 91.8 Å². The first-order valence-electron chi connectivity index (χ1n) is 17.8. The Bertz CT molecular complexity index is 2600. The lowest BCUT2D eigenvalue weighted by molar-refractivity contribution is 0.426. The zero-order valence-electron chi connectivity index (χ0n) is 30.7. The van der Waals surface area contributed by atoms with Crippen molar-refractivity contribution < 1.29 is 10.0 Å². The fraction of sp³-hybridized carbons (Fsp3) is 0.0976. The largest absolute Gasteiger partial charge is 0.489 e. The molecule has 0 aliphatic heterocycles. The van der Waals surface area contributed by atoms with Gasteiger partial charge >= 0.3 is 7.12 Å². The van der Waals surface area contributed by atoms with Crippen molar-refractivity contribution in [2.24, 2.45) is 0 Å². The predicted octanol–water partition coefficient (Wildman–Crippen LogP) is 7.26. The van der Waals surface area contributed by atoms with Crippen molar-refractivity contribution in [2.75, 3.05) is 47.4 Å². The number of nitriles is 2. The molecule has 0 saturated carbocycles. The van der Waals surface area contributed by atoms with Crippen LogP contribution in [0.3, 0.4) is 0 Å². The van der Waals surface area contributed by atoms with E-state index in [9.17, 15) is 0 Å². The van der Waals surface area contributed by atoms with E-state index in [0.717, 1.165) is 56.3 Å². The van der Waals surface area contributed by atoms with Gasteiger partial charge in [0, 0.05) is 59.8 Å². The minimum absolute atomic E-state index is 0.228. The Morgan fingerprint density at radius 2 is 1.22 bits per heavy atom. The first kappa shape index (κ1) is 41.0. The van der Waals surface area contributed by atoms with Gasteiger partial charge in [-0.3, -0.25) is 0 Å². The van der Waals surface area contributed by atoms with Gasteiger partial charge in [0.2, 0.25) is 5.28 Å². The van der Waals surface area contributed by atoms with Gasteiger partial charge in [-0.2, -0.15) is 33.2 Å². The number of hydrogen-bond acceptors (Lipinski definition) is 15. The molecule has 0 saturated heterocycles. The molecule has 3 aromatic carbocycles. The summed E-state index contributed by atoms with van der Waals surface area (Å²) in [4.78, 5) is 22.0. The highest BCUT2D eigenvalue weighted by Gasteiger charge is 2.10. The Balaban J connectivity index is 0.000000166. The van der Waals surface area contributed by atoms with Gasteiger partial charge in [-0.25, -0.2) is 24.9 Å². The van der Waals surface area contributed by atoms with Crippen LogP contribution in [0, 0.1) is 22.7 Å². The second-order valence-corrected chi connectivity index (χ2v) is 14.1. The SMILES string of the molecule is N#Cc1ccc(NCCNc2nc(-c3ccsc3)nc3ccccc23)nc1.N#Cc1ccc(NCCNc2nc(Cl)nc3ccccc23)cc1.OB(O)c1ccsc1. The first-order valence-corrected chi connectivity index (χ1v) is 20.1. The highest BCUT2D eigenvalue weighted by atomic mass is 35.5. The number of halogens is 1.